The molecule has 1 aromatic heterocycles. The molecule has 4 rings (SSSR count). The van der Waals surface area contributed by atoms with Crippen molar-refractivity contribution in [1.82, 2.24) is 0 Å². The topological polar surface area (TPSA) is 63.4 Å². The van der Waals surface area contributed by atoms with Crippen LogP contribution in [0.15, 0.2) is 74.5 Å². The molecule has 0 unspecified atom stereocenters. The maximum Gasteiger partial charge on any atom is 0.419 e. The van der Waals surface area contributed by atoms with Crippen molar-refractivity contribution in [3.8, 4) is 0 Å². The zero-order valence-electron chi connectivity index (χ0n) is 16.9. The molecule has 12 heteroatoms. The van der Waals surface area contributed by atoms with Gasteiger partial charge in [0.2, 0.25) is 0 Å². The third-order valence-corrected chi connectivity index (χ3v) is 9.77. The SMILES string of the molecule is Nc1ccc(S(=O)(=O)N(Cc2ccc(F)c(C(F)(F)F)c2)c2sc3ccccc3c2Br)cc1Br. The van der Waals surface area contributed by atoms with Crippen LogP contribution in [0.5, 0.6) is 0 Å². The third-order valence-electron chi connectivity index (χ3n) is 4.97. The number of alkyl halides is 3. The van der Waals surface area contributed by atoms with Crippen molar-refractivity contribution < 1.29 is 26.0 Å². The van der Waals surface area contributed by atoms with Gasteiger partial charge < -0.3 is 5.73 Å². The van der Waals surface area contributed by atoms with Gasteiger partial charge in [0.25, 0.3) is 10.0 Å². The average molecular weight is 638 g/mol. The Morgan fingerprint density at radius 1 is 1.00 bits per heavy atom. The Morgan fingerprint density at radius 3 is 2.35 bits per heavy atom. The van der Waals surface area contributed by atoms with Crippen LogP contribution < -0.4 is 10.0 Å². The van der Waals surface area contributed by atoms with E-state index in [-0.39, 0.29) is 15.5 Å². The molecule has 0 radical (unpaired) electrons. The van der Waals surface area contributed by atoms with Crippen LogP contribution in [-0.2, 0) is 22.7 Å². The van der Waals surface area contributed by atoms with Crippen molar-refractivity contribution in [2.24, 2.45) is 0 Å². The molecule has 0 aliphatic rings. The number of rotatable bonds is 5. The van der Waals surface area contributed by atoms with Crippen molar-refractivity contribution in [3.05, 3.63) is 86.6 Å². The summed E-state index contributed by atoms with van der Waals surface area (Å²) in [6.45, 7) is -0.459. The van der Waals surface area contributed by atoms with Crippen LogP contribution in [0.25, 0.3) is 10.1 Å². The second-order valence-corrected chi connectivity index (χ2v) is 11.8. The Bertz CT molecular complexity index is 1500. The molecule has 3 aromatic carbocycles. The largest absolute Gasteiger partial charge is 0.419 e. The smallest absolute Gasteiger partial charge is 0.398 e. The van der Waals surface area contributed by atoms with E-state index in [0.29, 0.717) is 26.8 Å². The predicted molar refractivity (Wildman–Crippen MR) is 133 cm³/mol. The molecule has 0 spiro atoms. The first-order valence-corrected chi connectivity index (χ1v) is 13.3. The van der Waals surface area contributed by atoms with Gasteiger partial charge in [-0.05, 0) is 73.8 Å². The molecular formula is C22H14Br2F4N2O2S2. The van der Waals surface area contributed by atoms with Crippen molar-refractivity contribution >= 4 is 74.0 Å². The molecular weight excluding hydrogens is 624 g/mol. The highest BCUT2D eigenvalue weighted by Gasteiger charge is 2.35. The summed E-state index contributed by atoms with van der Waals surface area (Å²) in [6.07, 6.45) is -4.93. The third kappa shape index (κ3) is 4.68. The number of hydrogen-bond donors (Lipinski definition) is 1. The van der Waals surface area contributed by atoms with Crippen molar-refractivity contribution in [3.63, 3.8) is 0 Å². The fraction of sp³-hybridized carbons (Fsp3) is 0.0909. The summed E-state index contributed by atoms with van der Waals surface area (Å²) in [7, 11) is -4.27. The number of anilines is 2. The molecule has 0 atom stereocenters. The fourth-order valence-corrected chi connectivity index (χ4v) is 7.66. The summed E-state index contributed by atoms with van der Waals surface area (Å²) < 4.78 is 83.8. The lowest BCUT2D eigenvalue weighted by Gasteiger charge is -2.24. The number of fused-ring (bicyclic) bond motifs is 1. The quantitative estimate of drug-likeness (QED) is 0.181. The molecule has 2 N–H and O–H groups in total. The summed E-state index contributed by atoms with van der Waals surface area (Å²) >= 11 is 7.82. The molecule has 0 aliphatic carbocycles. The minimum atomic E-state index is -4.93. The van der Waals surface area contributed by atoms with Gasteiger partial charge in [0, 0.05) is 20.2 Å². The minimum absolute atomic E-state index is 0.0313. The summed E-state index contributed by atoms with van der Waals surface area (Å²) in [5.41, 5.74) is 4.61. The molecule has 0 bridgehead atoms. The van der Waals surface area contributed by atoms with Crippen LogP contribution >= 0.6 is 43.2 Å². The molecule has 4 aromatic rings. The second-order valence-electron chi connectivity index (χ2n) is 7.22. The number of nitrogens with zero attached hydrogens (tertiary/aromatic N) is 1. The van der Waals surface area contributed by atoms with Gasteiger partial charge in [-0.2, -0.15) is 13.2 Å². The summed E-state index contributed by atoms with van der Waals surface area (Å²) in [5.74, 6) is -1.43. The molecule has 0 fully saturated rings. The molecule has 178 valence electrons. The van der Waals surface area contributed by atoms with E-state index in [0.717, 1.165) is 31.8 Å². The minimum Gasteiger partial charge on any atom is -0.398 e. The van der Waals surface area contributed by atoms with E-state index in [9.17, 15) is 26.0 Å². The average Bonchev–Trinajstić information content (AvgIpc) is 3.10. The van der Waals surface area contributed by atoms with Crippen molar-refractivity contribution in [1.29, 1.82) is 0 Å². The van der Waals surface area contributed by atoms with Gasteiger partial charge in [-0.1, -0.05) is 24.3 Å². The molecule has 4 nitrogen and oxygen atoms in total. The van der Waals surface area contributed by atoms with Gasteiger partial charge in [0.15, 0.2) is 0 Å². The maximum absolute atomic E-state index is 13.8. The number of sulfonamides is 1. The Balaban J connectivity index is 1.90. The number of halogens is 6. The fourth-order valence-electron chi connectivity index (χ4n) is 3.28. The summed E-state index contributed by atoms with van der Waals surface area (Å²) in [6, 6.07) is 13.7. The standard InChI is InChI=1S/C22H14Br2F4N2O2S2/c23-16-10-13(6-8-18(16)29)34(31,32)30(21-20(24)14-3-1-2-4-19(14)33-21)11-12-5-7-17(25)15(9-12)22(26,27)28/h1-10H,11,29H2. The van der Waals surface area contributed by atoms with Crippen LogP contribution in [0.3, 0.4) is 0 Å². The first kappa shape index (κ1) is 25.0. The lowest BCUT2D eigenvalue weighted by atomic mass is 10.1. The van der Waals surface area contributed by atoms with E-state index >= 15 is 0 Å². The number of nitrogens with two attached hydrogens (primary N) is 1. The molecule has 1 heterocycles. The van der Waals surface area contributed by atoms with Gasteiger partial charge in [0.1, 0.15) is 10.8 Å². The van der Waals surface area contributed by atoms with E-state index in [2.05, 4.69) is 31.9 Å². The van der Waals surface area contributed by atoms with E-state index in [1.807, 2.05) is 0 Å². The first-order chi connectivity index (χ1) is 15.9. The lowest BCUT2D eigenvalue weighted by Crippen LogP contribution is -2.30. The zero-order valence-corrected chi connectivity index (χ0v) is 21.7. The van der Waals surface area contributed by atoms with Gasteiger partial charge in [-0.3, -0.25) is 4.31 Å². The van der Waals surface area contributed by atoms with E-state index in [4.69, 9.17) is 5.73 Å². The molecule has 0 saturated heterocycles. The second kappa shape index (κ2) is 9.14. The van der Waals surface area contributed by atoms with Gasteiger partial charge >= 0.3 is 6.18 Å². The zero-order chi connectivity index (χ0) is 24.8. The summed E-state index contributed by atoms with van der Waals surface area (Å²) in [4.78, 5) is -0.115. The van der Waals surface area contributed by atoms with Crippen molar-refractivity contribution in [2.75, 3.05) is 10.0 Å². The lowest BCUT2D eigenvalue weighted by molar-refractivity contribution is -0.140. The van der Waals surface area contributed by atoms with E-state index in [1.165, 1.54) is 18.2 Å². The highest BCUT2D eigenvalue weighted by molar-refractivity contribution is 9.11. The van der Waals surface area contributed by atoms with Gasteiger partial charge in [-0.15, -0.1) is 11.3 Å². The summed E-state index contributed by atoms with van der Waals surface area (Å²) in [5, 5.41) is 1.02. The number of hydrogen-bond acceptors (Lipinski definition) is 4. The Morgan fingerprint density at radius 2 is 1.71 bits per heavy atom. The van der Waals surface area contributed by atoms with E-state index < -0.39 is 34.1 Å². The van der Waals surface area contributed by atoms with Crippen LogP contribution in [0, 0.1) is 5.82 Å². The number of benzene rings is 3. The van der Waals surface area contributed by atoms with Crippen LogP contribution in [-0.4, -0.2) is 8.42 Å². The monoisotopic (exact) mass is 636 g/mol. The van der Waals surface area contributed by atoms with Crippen LogP contribution in [0.2, 0.25) is 0 Å². The highest BCUT2D eigenvalue weighted by Crippen LogP contribution is 2.45. The van der Waals surface area contributed by atoms with Crippen LogP contribution in [0.4, 0.5) is 28.3 Å². The Kier molecular flexibility index (Phi) is 6.71. The highest BCUT2D eigenvalue weighted by atomic mass is 79.9. The number of nitrogen functional groups attached to an aromatic ring is 1. The maximum atomic E-state index is 13.8. The van der Waals surface area contributed by atoms with Crippen molar-refractivity contribution in [2.45, 2.75) is 17.6 Å². The van der Waals surface area contributed by atoms with Gasteiger partial charge in [-0.25, -0.2) is 12.8 Å². The normalized spacial score (nSPS) is 12.3. The Hall–Kier alpha value is -2.15. The molecule has 0 saturated carbocycles. The number of thiophene rings is 1. The molecule has 34 heavy (non-hydrogen) atoms. The first-order valence-electron chi connectivity index (χ1n) is 9.50. The van der Waals surface area contributed by atoms with Gasteiger partial charge in [0.05, 0.1) is 21.5 Å². The Labute approximate surface area is 213 Å². The predicted octanol–water partition coefficient (Wildman–Crippen LogP) is 7.56. The van der Waals surface area contributed by atoms with Crippen LogP contribution in [0.1, 0.15) is 11.1 Å². The van der Waals surface area contributed by atoms with E-state index in [1.54, 1.807) is 24.3 Å². The molecule has 0 amide bonds. The molecule has 0 aliphatic heterocycles.